The lowest BCUT2D eigenvalue weighted by molar-refractivity contribution is -0.0915. The number of ether oxygens (including phenoxy) is 2. The van der Waals surface area contributed by atoms with E-state index in [1.54, 1.807) is 14.2 Å². The largest absolute Gasteiger partial charge is 0.496 e. The molecular weight excluding hydrogens is 226 g/mol. The summed E-state index contributed by atoms with van der Waals surface area (Å²) in [6, 6.07) is 4.06. The molecule has 1 atom stereocenters. The number of benzene rings is 1. The highest BCUT2D eigenvalue weighted by atomic mass is 16.5. The standard InChI is InChI=1S/C15H23NO2/c1-10-6-7-12(13(17-3)11(10)2)14(16)15(18-4)8-5-9-15/h6-7,14H,5,8-9,16H2,1-4H3. The zero-order valence-corrected chi connectivity index (χ0v) is 11.7. The fourth-order valence-electron chi connectivity index (χ4n) is 2.78. The predicted molar refractivity (Wildman–Crippen MR) is 73.0 cm³/mol. The molecule has 3 nitrogen and oxygen atoms in total. The first-order chi connectivity index (χ1) is 8.55. The summed E-state index contributed by atoms with van der Waals surface area (Å²) in [6.45, 7) is 4.16. The van der Waals surface area contributed by atoms with Crippen LogP contribution in [0.2, 0.25) is 0 Å². The fourth-order valence-corrected chi connectivity index (χ4v) is 2.78. The molecule has 3 heteroatoms. The highest BCUT2D eigenvalue weighted by Crippen LogP contribution is 2.46. The lowest BCUT2D eigenvalue weighted by Crippen LogP contribution is -2.48. The molecule has 2 rings (SSSR count). The maximum Gasteiger partial charge on any atom is 0.126 e. The van der Waals surface area contributed by atoms with Crippen LogP contribution in [0, 0.1) is 13.8 Å². The summed E-state index contributed by atoms with van der Waals surface area (Å²) < 4.78 is 11.2. The summed E-state index contributed by atoms with van der Waals surface area (Å²) in [5, 5.41) is 0. The summed E-state index contributed by atoms with van der Waals surface area (Å²) in [5.74, 6) is 0.908. The summed E-state index contributed by atoms with van der Waals surface area (Å²) in [5.41, 5.74) is 9.68. The maximum absolute atomic E-state index is 6.44. The highest BCUT2D eigenvalue weighted by molar-refractivity contribution is 5.47. The van der Waals surface area contributed by atoms with Gasteiger partial charge in [0, 0.05) is 12.7 Å². The van der Waals surface area contributed by atoms with E-state index in [0.29, 0.717) is 0 Å². The number of methoxy groups -OCH3 is 2. The van der Waals surface area contributed by atoms with Crippen molar-refractivity contribution in [2.24, 2.45) is 5.73 Å². The van der Waals surface area contributed by atoms with E-state index in [1.165, 1.54) is 12.0 Å². The van der Waals surface area contributed by atoms with Crippen LogP contribution in [0.3, 0.4) is 0 Å². The van der Waals surface area contributed by atoms with E-state index in [0.717, 1.165) is 29.7 Å². The monoisotopic (exact) mass is 249 g/mol. The molecule has 0 aliphatic heterocycles. The third-order valence-electron chi connectivity index (χ3n) is 4.42. The van der Waals surface area contributed by atoms with E-state index in [-0.39, 0.29) is 11.6 Å². The van der Waals surface area contributed by atoms with Gasteiger partial charge < -0.3 is 15.2 Å². The van der Waals surface area contributed by atoms with Gasteiger partial charge in [-0.2, -0.15) is 0 Å². The zero-order chi connectivity index (χ0) is 13.3. The lowest BCUT2D eigenvalue weighted by atomic mass is 9.72. The van der Waals surface area contributed by atoms with Crippen molar-refractivity contribution in [3.63, 3.8) is 0 Å². The van der Waals surface area contributed by atoms with Crippen LogP contribution in [0.5, 0.6) is 5.75 Å². The second-order valence-electron chi connectivity index (χ2n) is 5.23. The average molecular weight is 249 g/mol. The van der Waals surface area contributed by atoms with Gasteiger partial charge in [-0.25, -0.2) is 0 Å². The van der Waals surface area contributed by atoms with Gasteiger partial charge in [-0.1, -0.05) is 12.1 Å². The van der Waals surface area contributed by atoms with E-state index in [1.807, 2.05) is 0 Å². The first-order valence-electron chi connectivity index (χ1n) is 6.50. The normalized spacial score (nSPS) is 19.2. The van der Waals surface area contributed by atoms with Crippen molar-refractivity contribution in [3.05, 3.63) is 28.8 Å². The van der Waals surface area contributed by atoms with Crippen molar-refractivity contribution in [3.8, 4) is 5.75 Å². The number of aryl methyl sites for hydroxylation is 1. The van der Waals surface area contributed by atoms with Gasteiger partial charge in [0.25, 0.3) is 0 Å². The number of nitrogens with two attached hydrogens (primary N) is 1. The molecule has 0 saturated heterocycles. The average Bonchev–Trinajstić information content (AvgIpc) is 2.31. The molecule has 0 heterocycles. The third-order valence-corrected chi connectivity index (χ3v) is 4.42. The first-order valence-corrected chi connectivity index (χ1v) is 6.50. The Morgan fingerprint density at radius 2 is 1.89 bits per heavy atom. The topological polar surface area (TPSA) is 44.5 Å². The van der Waals surface area contributed by atoms with E-state index in [9.17, 15) is 0 Å². The van der Waals surface area contributed by atoms with Crippen molar-refractivity contribution < 1.29 is 9.47 Å². The quantitative estimate of drug-likeness (QED) is 0.892. The van der Waals surface area contributed by atoms with Gasteiger partial charge in [0.05, 0.1) is 18.8 Å². The van der Waals surface area contributed by atoms with Gasteiger partial charge in [0.15, 0.2) is 0 Å². The van der Waals surface area contributed by atoms with Crippen molar-refractivity contribution in [1.82, 2.24) is 0 Å². The summed E-state index contributed by atoms with van der Waals surface area (Å²) in [6.07, 6.45) is 3.25. The number of rotatable bonds is 4. The molecule has 1 aromatic rings. The van der Waals surface area contributed by atoms with Gasteiger partial charge >= 0.3 is 0 Å². The van der Waals surface area contributed by atoms with Gasteiger partial charge in [-0.15, -0.1) is 0 Å². The molecule has 0 spiro atoms. The minimum Gasteiger partial charge on any atom is -0.496 e. The molecular formula is C15H23NO2. The Labute approximate surface area is 109 Å². The Morgan fingerprint density at radius 1 is 1.22 bits per heavy atom. The second-order valence-corrected chi connectivity index (χ2v) is 5.23. The van der Waals surface area contributed by atoms with Gasteiger partial charge in [0.2, 0.25) is 0 Å². The van der Waals surface area contributed by atoms with Crippen molar-refractivity contribution in [1.29, 1.82) is 0 Å². The van der Waals surface area contributed by atoms with Gasteiger partial charge in [0.1, 0.15) is 5.75 Å². The van der Waals surface area contributed by atoms with E-state index >= 15 is 0 Å². The Balaban J connectivity index is 2.41. The van der Waals surface area contributed by atoms with Gasteiger partial charge in [-0.3, -0.25) is 0 Å². The Hall–Kier alpha value is -1.06. The Bertz CT molecular complexity index is 433. The molecule has 1 saturated carbocycles. The van der Waals surface area contributed by atoms with Crippen LogP contribution in [0.15, 0.2) is 12.1 Å². The molecule has 1 unspecified atom stereocenters. The summed E-state index contributed by atoms with van der Waals surface area (Å²) in [7, 11) is 3.46. The Morgan fingerprint density at radius 3 is 2.33 bits per heavy atom. The van der Waals surface area contributed by atoms with Crippen LogP contribution in [0.1, 0.15) is 42.0 Å². The van der Waals surface area contributed by atoms with Crippen LogP contribution in [0.4, 0.5) is 0 Å². The molecule has 0 bridgehead atoms. The molecule has 1 aliphatic rings. The maximum atomic E-state index is 6.44. The SMILES string of the molecule is COc1c(C(N)C2(OC)CCC2)ccc(C)c1C. The fraction of sp³-hybridized carbons (Fsp3) is 0.600. The van der Waals surface area contributed by atoms with Crippen LogP contribution in [0.25, 0.3) is 0 Å². The molecule has 18 heavy (non-hydrogen) atoms. The highest BCUT2D eigenvalue weighted by Gasteiger charge is 2.44. The molecule has 1 fully saturated rings. The Kier molecular flexibility index (Phi) is 3.64. The van der Waals surface area contributed by atoms with E-state index < -0.39 is 0 Å². The van der Waals surface area contributed by atoms with Gasteiger partial charge in [-0.05, 0) is 44.2 Å². The molecule has 2 N–H and O–H groups in total. The summed E-state index contributed by atoms with van der Waals surface area (Å²) >= 11 is 0. The minimum atomic E-state index is -0.199. The number of hydrogen-bond donors (Lipinski definition) is 1. The van der Waals surface area contributed by atoms with Crippen LogP contribution < -0.4 is 10.5 Å². The molecule has 0 aromatic heterocycles. The molecule has 0 radical (unpaired) electrons. The summed E-state index contributed by atoms with van der Waals surface area (Å²) in [4.78, 5) is 0. The minimum absolute atomic E-state index is 0.120. The van der Waals surface area contributed by atoms with Crippen molar-refractivity contribution in [2.75, 3.05) is 14.2 Å². The predicted octanol–water partition coefficient (Wildman–Crippen LogP) is 2.88. The van der Waals surface area contributed by atoms with E-state index in [2.05, 4.69) is 26.0 Å². The number of hydrogen-bond acceptors (Lipinski definition) is 3. The molecule has 100 valence electrons. The molecule has 1 aliphatic carbocycles. The molecule has 0 amide bonds. The smallest absolute Gasteiger partial charge is 0.126 e. The zero-order valence-electron chi connectivity index (χ0n) is 11.7. The molecule has 1 aromatic carbocycles. The first kappa shape index (κ1) is 13.4. The van der Waals surface area contributed by atoms with Crippen LogP contribution >= 0.6 is 0 Å². The third kappa shape index (κ3) is 1.91. The van der Waals surface area contributed by atoms with Crippen LogP contribution in [-0.4, -0.2) is 19.8 Å². The van der Waals surface area contributed by atoms with Crippen molar-refractivity contribution in [2.45, 2.75) is 44.8 Å². The van der Waals surface area contributed by atoms with Crippen molar-refractivity contribution >= 4 is 0 Å². The lowest BCUT2D eigenvalue weighted by Gasteiger charge is -2.45. The van der Waals surface area contributed by atoms with Crippen LogP contribution in [-0.2, 0) is 4.74 Å². The van der Waals surface area contributed by atoms with E-state index in [4.69, 9.17) is 15.2 Å². The second kappa shape index (κ2) is 4.90.